The minimum Gasteiger partial charge on any atom is -0.497 e. The van der Waals surface area contributed by atoms with Gasteiger partial charge in [0.15, 0.2) is 17.5 Å². The first-order valence-corrected chi connectivity index (χ1v) is 9.65. The first-order valence-electron chi connectivity index (χ1n) is 9.65. The molecule has 152 valence electrons. The van der Waals surface area contributed by atoms with Gasteiger partial charge in [0.05, 0.1) is 27.4 Å². The van der Waals surface area contributed by atoms with Crippen molar-refractivity contribution in [2.75, 3.05) is 27.4 Å². The number of hydrogen-bond acceptors (Lipinski definition) is 4. The lowest BCUT2D eigenvalue weighted by Gasteiger charge is -2.13. The number of nitrogens with zero attached hydrogens (tertiary/aromatic N) is 1. The second-order valence-electron chi connectivity index (χ2n) is 6.23. The van der Waals surface area contributed by atoms with Crippen molar-refractivity contribution in [1.29, 1.82) is 0 Å². The molecule has 0 fully saturated rings. The van der Waals surface area contributed by atoms with E-state index in [0.717, 1.165) is 47.3 Å². The smallest absolute Gasteiger partial charge is 0.191 e. The van der Waals surface area contributed by atoms with Crippen LogP contribution < -0.4 is 24.8 Å². The van der Waals surface area contributed by atoms with Crippen molar-refractivity contribution in [3.63, 3.8) is 0 Å². The summed E-state index contributed by atoms with van der Waals surface area (Å²) in [6, 6.07) is 13.9. The number of methoxy groups -OCH3 is 2. The zero-order valence-corrected chi connectivity index (χ0v) is 17.2. The summed E-state index contributed by atoms with van der Waals surface area (Å²) in [5.74, 6) is 3.12. The summed E-state index contributed by atoms with van der Waals surface area (Å²) in [5, 5.41) is 6.63. The molecule has 0 heterocycles. The summed E-state index contributed by atoms with van der Waals surface area (Å²) >= 11 is 0. The van der Waals surface area contributed by atoms with Crippen LogP contribution in [0.25, 0.3) is 0 Å². The van der Waals surface area contributed by atoms with E-state index in [1.807, 2.05) is 49.4 Å². The number of hydrogen-bond donors (Lipinski definition) is 2. The van der Waals surface area contributed by atoms with Gasteiger partial charge in [0.2, 0.25) is 0 Å². The molecule has 0 saturated heterocycles. The van der Waals surface area contributed by atoms with Gasteiger partial charge < -0.3 is 24.8 Å². The molecule has 0 aromatic heterocycles. The molecule has 0 spiro atoms. The average molecular weight is 386 g/mol. The Bertz CT molecular complexity index is 745. The summed E-state index contributed by atoms with van der Waals surface area (Å²) in [6.45, 7) is 6.82. The van der Waals surface area contributed by atoms with Crippen molar-refractivity contribution in [2.24, 2.45) is 4.99 Å². The molecule has 2 aromatic rings. The molecular formula is C22H31N3O3. The van der Waals surface area contributed by atoms with E-state index in [0.29, 0.717) is 19.7 Å². The highest BCUT2D eigenvalue weighted by atomic mass is 16.5. The van der Waals surface area contributed by atoms with Crippen molar-refractivity contribution in [3.8, 4) is 17.2 Å². The Balaban J connectivity index is 2.00. The molecule has 0 amide bonds. The van der Waals surface area contributed by atoms with Gasteiger partial charge in [-0.25, -0.2) is 4.99 Å². The van der Waals surface area contributed by atoms with E-state index >= 15 is 0 Å². The maximum atomic E-state index is 5.71. The molecular weight excluding hydrogens is 354 g/mol. The molecule has 0 bridgehead atoms. The van der Waals surface area contributed by atoms with E-state index in [9.17, 15) is 0 Å². The fourth-order valence-electron chi connectivity index (χ4n) is 2.58. The van der Waals surface area contributed by atoms with Gasteiger partial charge in [0.1, 0.15) is 5.75 Å². The van der Waals surface area contributed by atoms with Crippen LogP contribution in [0, 0.1) is 0 Å². The third kappa shape index (κ3) is 6.68. The largest absolute Gasteiger partial charge is 0.497 e. The quantitative estimate of drug-likeness (QED) is 0.482. The number of guanidine groups is 1. The molecule has 0 unspecified atom stereocenters. The predicted molar refractivity (Wildman–Crippen MR) is 113 cm³/mol. The van der Waals surface area contributed by atoms with Gasteiger partial charge in [-0.15, -0.1) is 0 Å². The standard InChI is InChI=1S/C22H31N3O3/c1-5-13-28-20-12-9-18(14-21(20)27-4)16-25-22(23-6-2)24-15-17-7-10-19(26-3)11-8-17/h7-12,14H,5-6,13,15-16H2,1-4H3,(H2,23,24,25). The molecule has 2 aromatic carbocycles. The number of nitrogens with one attached hydrogen (secondary N) is 2. The fraction of sp³-hybridized carbons (Fsp3) is 0.409. The third-order valence-corrected chi connectivity index (χ3v) is 4.07. The van der Waals surface area contributed by atoms with Crippen LogP contribution in [0.1, 0.15) is 31.4 Å². The van der Waals surface area contributed by atoms with Gasteiger partial charge >= 0.3 is 0 Å². The molecule has 2 N–H and O–H groups in total. The van der Waals surface area contributed by atoms with Crippen molar-refractivity contribution in [1.82, 2.24) is 10.6 Å². The van der Waals surface area contributed by atoms with Crippen LogP contribution >= 0.6 is 0 Å². The Hall–Kier alpha value is -2.89. The van der Waals surface area contributed by atoms with Crippen molar-refractivity contribution >= 4 is 5.96 Å². The Morgan fingerprint density at radius 3 is 2.29 bits per heavy atom. The summed E-state index contributed by atoms with van der Waals surface area (Å²) in [5.41, 5.74) is 2.22. The van der Waals surface area contributed by atoms with E-state index in [1.54, 1.807) is 14.2 Å². The Kier molecular flexibility index (Phi) is 8.98. The Morgan fingerprint density at radius 2 is 1.64 bits per heavy atom. The Morgan fingerprint density at radius 1 is 0.893 bits per heavy atom. The van der Waals surface area contributed by atoms with Crippen LogP contribution in [-0.4, -0.2) is 33.3 Å². The number of aliphatic imine (C=N–C) groups is 1. The molecule has 6 heteroatoms. The third-order valence-electron chi connectivity index (χ3n) is 4.07. The fourth-order valence-corrected chi connectivity index (χ4v) is 2.58. The monoisotopic (exact) mass is 385 g/mol. The molecule has 28 heavy (non-hydrogen) atoms. The highest BCUT2D eigenvalue weighted by Crippen LogP contribution is 2.28. The number of ether oxygens (including phenoxy) is 3. The molecule has 0 saturated carbocycles. The zero-order valence-electron chi connectivity index (χ0n) is 17.2. The topological polar surface area (TPSA) is 64.1 Å². The van der Waals surface area contributed by atoms with Crippen molar-refractivity contribution in [3.05, 3.63) is 53.6 Å². The normalized spacial score (nSPS) is 11.1. The van der Waals surface area contributed by atoms with Gasteiger partial charge in [-0.05, 0) is 48.7 Å². The minimum atomic E-state index is 0.544. The Labute approximate surface area is 167 Å². The van der Waals surface area contributed by atoms with Gasteiger partial charge in [-0.2, -0.15) is 0 Å². The SMILES string of the molecule is CCCOc1ccc(CN=C(NCC)NCc2ccc(OC)cc2)cc1OC. The lowest BCUT2D eigenvalue weighted by atomic mass is 10.2. The van der Waals surface area contributed by atoms with Crippen LogP contribution in [0.4, 0.5) is 0 Å². The van der Waals surface area contributed by atoms with E-state index in [1.165, 1.54) is 0 Å². The lowest BCUT2D eigenvalue weighted by Crippen LogP contribution is -2.36. The molecule has 0 aliphatic carbocycles. The van der Waals surface area contributed by atoms with Crippen LogP contribution in [0.5, 0.6) is 17.2 Å². The highest BCUT2D eigenvalue weighted by molar-refractivity contribution is 5.79. The van der Waals surface area contributed by atoms with Crippen LogP contribution in [0.2, 0.25) is 0 Å². The maximum Gasteiger partial charge on any atom is 0.191 e. The summed E-state index contributed by atoms with van der Waals surface area (Å²) in [7, 11) is 3.32. The zero-order chi connectivity index (χ0) is 20.2. The predicted octanol–water partition coefficient (Wildman–Crippen LogP) is 3.75. The lowest BCUT2D eigenvalue weighted by molar-refractivity contribution is 0.294. The minimum absolute atomic E-state index is 0.544. The van der Waals surface area contributed by atoms with Crippen LogP contribution in [0.15, 0.2) is 47.5 Å². The van der Waals surface area contributed by atoms with E-state index < -0.39 is 0 Å². The number of benzene rings is 2. The summed E-state index contributed by atoms with van der Waals surface area (Å²) in [6.07, 6.45) is 0.959. The second-order valence-corrected chi connectivity index (χ2v) is 6.23. The van der Waals surface area contributed by atoms with E-state index in [2.05, 4.69) is 22.5 Å². The summed E-state index contributed by atoms with van der Waals surface area (Å²) in [4.78, 5) is 4.67. The molecule has 0 aliphatic heterocycles. The molecule has 0 aliphatic rings. The summed E-state index contributed by atoms with van der Waals surface area (Å²) < 4.78 is 16.3. The van der Waals surface area contributed by atoms with E-state index in [-0.39, 0.29) is 0 Å². The molecule has 0 atom stereocenters. The molecule has 2 rings (SSSR count). The van der Waals surface area contributed by atoms with Gasteiger partial charge in [0.25, 0.3) is 0 Å². The highest BCUT2D eigenvalue weighted by Gasteiger charge is 2.06. The van der Waals surface area contributed by atoms with Crippen molar-refractivity contribution < 1.29 is 14.2 Å². The first-order chi connectivity index (χ1) is 13.7. The average Bonchev–Trinajstić information content (AvgIpc) is 2.74. The van der Waals surface area contributed by atoms with Crippen LogP contribution in [-0.2, 0) is 13.1 Å². The van der Waals surface area contributed by atoms with Gasteiger partial charge in [0, 0.05) is 13.1 Å². The van der Waals surface area contributed by atoms with Gasteiger partial charge in [-0.1, -0.05) is 25.1 Å². The first kappa shape index (κ1) is 21.4. The maximum absolute atomic E-state index is 5.71. The van der Waals surface area contributed by atoms with E-state index in [4.69, 9.17) is 14.2 Å². The number of rotatable bonds is 10. The van der Waals surface area contributed by atoms with Crippen LogP contribution in [0.3, 0.4) is 0 Å². The van der Waals surface area contributed by atoms with Crippen molar-refractivity contribution in [2.45, 2.75) is 33.4 Å². The molecule has 6 nitrogen and oxygen atoms in total. The second kappa shape index (κ2) is 11.7. The van der Waals surface area contributed by atoms with Gasteiger partial charge in [-0.3, -0.25) is 0 Å². The molecule has 0 radical (unpaired) electrons.